The van der Waals surface area contributed by atoms with Gasteiger partial charge in [-0.3, -0.25) is 0 Å². The molecule has 94 valence electrons. The zero-order valence-corrected chi connectivity index (χ0v) is 11.9. The molecule has 0 spiro atoms. The molecule has 0 amide bonds. The van der Waals surface area contributed by atoms with Gasteiger partial charge in [-0.1, -0.05) is 12.1 Å². The predicted octanol–water partition coefficient (Wildman–Crippen LogP) is 3.51. The number of benzene rings is 1. The molecule has 0 aliphatic rings. The third kappa shape index (κ3) is 3.30. The summed E-state index contributed by atoms with van der Waals surface area (Å²) in [5.74, 6) is 1.00. The van der Waals surface area contributed by atoms with E-state index >= 15 is 0 Å². The zero-order chi connectivity index (χ0) is 13.0. The Balaban J connectivity index is 2.26. The first kappa shape index (κ1) is 13.0. The molecule has 7 heteroatoms. The normalized spacial score (nSPS) is 10.2. The van der Waals surface area contributed by atoms with E-state index in [9.17, 15) is 0 Å². The smallest absolute Gasteiger partial charge is 0.328 e. The Morgan fingerprint density at radius 1 is 1.28 bits per heavy atom. The quantitative estimate of drug-likeness (QED) is 0.930. The summed E-state index contributed by atoms with van der Waals surface area (Å²) < 4.78 is 6.36. The fourth-order valence-corrected chi connectivity index (χ4v) is 1.76. The van der Waals surface area contributed by atoms with Crippen LogP contribution < -0.4 is 10.1 Å². The third-order valence-corrected chi connectivity index (χ3v) is 2.78. The second kappa shape index (κ2) is 5.97. The van der Waals surface area contributed by atoms with Crippen LogP contribution in [0.4, 0.5) is 5.95 Å². The number of rotatable bonds is 4. The summed E-state index contributed by atoms with van der Waals surface area (Å²) in [5, 5.41) is 3.04. The Morgan fingerprint density at radius 2 is 2.06 bits per heavy atom. The molecule has 1 aromatic carbocycles. The summed E-state index contributed by atoms with van der Waals surface area (Å²) in [6, 6.07) is 7.56. The molecule has 1 heterocycles. The minimum absolute atomic E-state index is 0.0861. The standard InChI is InChI=1S/C11H10BrClN4O/c1-2-14-10-15-9(13)16-11(17-10)18-8-6-4-3-5-7(8)12/h3-6H,2H2,1H3,(H,14,15,16,17). The van der Waals surface area contributed by atoms with Crippen molar-refractivity contribution in [2.45, 2.75) is 6.92 Å². The van der Waals surface area contributed by atoms with Crippen LogP contribution in [-0.4, -0.2) is 21.5 Å². The molecule has 1 N–H and O–H groups in total. The number of nitrogens with one attached hydrogen (secondary N) is 1. The Kier molecular flexibility index (Phi) is 4.33. The summed E-state index contributed by atoms with van der Waals surface area (Å²) >= 11 is 9.17. The summed E-state index contributed by atoms with van der Waals surface area (Å²) in [6.45, 7) is 2.63. The van der Waals surface area contributed by atoms with E-state index in [-0.39, 0.29) is 11.3 Å². The van der Waals surface area contributed by atoms with E-state index in [2.05, 4.69) is 36.2 Å². The van der Waals surface area contributed by atoms with Crippen molar-refractivity contribution in [3.05, 3.63) is 34.0 Å². The number of halogens is 2. The van der Waals surface area contributed by atoms with Crippen LogP contribution in [0.25, 0.3) is 0 Å². The van der Waals surface area contributed by atoms with Gasteiger partial charge in [-0.25, -0.2) is 0 Å². The fraction of sp³-hybridized carbons (Fsp3) is 0.182. The van der Waals surface area contributed by atoms with Gasteiger partial charge in [0.2, 0.25) is 11.2 Å². The van der Waals surface area contributed by atoms with E-state index in [1.54, 1.807) is 6.07 Å². The molecule has 1 aromatic heterocycles. The molecule has 18 heavy (non-hydrogen) atoms. The number of hydrogen-bond acceptors (Lipinski definition) is 5. The van der Waals surface area contributed by atoms with Crippen molar-refractivity contribution < 1.29 is 4.74 Å². The van der Waals surface area contributed by atoms with Gasteiger partial charge >= 0.3 is 6.01 Å². The second-order valence-electron chi connectivity index (χ2n) is 3.27. The van der Waals surface area contributed by atoms with E-state index in [0.29, 0.717) is 18.2 Å². The molecule has 0 radical (unpaired) electrons. The second-order valence-corrected chi connectivity index (χ2v) is 4.47. The zero-order valence-electron chi connectivity index (χ0n) is 9.52. The molecule has 0 aliphatic heterocycles. The molecule has 0 saturated carbocycles. The number of hydrogen-bond donors (Lipinski definition) is 1. The van der Waals surface area contributed by atoms with E-state index in [1.165, 1.54) is 0 Å². The largest absolute Gasteiger partial charge is 0.423 e. The molecular weight excluding hydrogens is 320 g/mol. The van der Waals surface area contributed by atoms with Crippen LogP contribution in [0.5, 0.6) is 11.8 Å². The van der Waals surface area contributed by atoms with Gasteiger partial charge in [-0.15, -0.1) is 0 Å². The molecular formula is C11H10BrClN4O. The number of para-hydroxylation sites is 1. The maximum absolute atomic E-state index is 5.80. The number of anilines is 1. The SMILES string of the molecule is CCNc1nc(Cl)nc(Oc2ccccc2Br)n1. The first-order valence-electron chi connectivity index (χ1n) is 5.27. The van der Waals surface area contributed by atoms with Gasteiger partial charge < -0.3 is 10.1 Å². The van der Waals surface area contributed by atoms with E-state index in [4.69, 9.17) is 16.3 Å². The van der Waals surface area contributed by atoms with Crippen molar-refractivity contribution in [3.8, 4) is 11.8 Å². The van der Waals surface area contributed by atoms with Crippen molar-refractivity contribution >= 4 is 33.5 Å². The first-order chi connectivity index (χ1) is 8.69. The van der Waals surface area contributed by atoms with Gasteiger partial charge in [0, 0.05) is 6.54 Å². The van der Waals surface area contributed by atoms with Crippen LogP contribution in [0, 0.1) is 0 Å². The van der Waals surface area contributed by atoms with Gasteiger partial charge in [-0.05, 0) is 46.6 Å². The van der Waals surface area contributed by atoms with Gasteiger partial charge in [0.25, 0.3) is 0 Å². The lowest BCUT2D eigenvalue weighted by Crippen LogP contribution is -2.04. The Hall–Kier alpha value is -1.40. The number of nitrogens with zero attached hydrogens (tertiary/aromatic N) is 3. The van der Waals surface area contributed by atoms with Crippen LogP contribution in [0.15, 0.2) is 28.7 Å². The first-order valence-corrected chi connectivity index (χ1v) is 6.44. The molecule has 2 rings (SSSR count). The summed E-state index contributed by atoms with van der Waals surface area (Å²) in [5.41, 5.74) is 0. The molecule has 0 bridgehead atoms. The number of ether oxygens (including phenoxy) is 1. The molecule has 0 saturated heterocycles. The minimum atomic E-state index is 0.0861. The maximum atomic E-state index is 5.80. The van der Waals surface area contributed by atoms with Crippen LogP contribution in [0.1, 0.15) is 6.92 Å². The van der Waals surface area contributed by atoms with Crippen molar-refractivity contribution in [1.82, 2.24) is 15.0 Å². The summed E-state index contributed by atoms with van der Waals surface area (Å²) in [7, 11) is 0. The highest BCUT2D eigenvalue weighted by atomic mass is 79.9. The van der Waals surface area contributed by atoms with E-state index in [1.807, 2.05) is 25.1 Å². The van der Waals surface area contributed by atoms with E-state index in [0.717, 1.165) is 4.47 Å². The van der Waals surface area contributed by atoms with Crippen molar-refractivity contribution in [2.75, 3.05) is 11.9 Å². The average molecular weight is 330 g/mol. The molecule has 0 atom stereocenters. The van der Waals surface area contributed by atoms with Gasteiger partial charge in [0.1, 0.15) is 5.75 Å². The Labute approximate surface area is 118 Å². The Bertz CT molecular complexity index is 552. The minimum Gasteiger partial charge on any atom is -0.423 e. The van der Waals surface area contributed by atoms with E-state index < -0.39 is 0 Å². The number of aromatic nitrogens is 3. The highest BCUT2D eigenvalue weighted by Crippen LogP contribution is 2.27. The van der Waals surface area contributed by atoms with Gasteiger partial charge in [-0.2, -0.15) is 15.0 Å². The maximum Gasteiger partial charge on any atom is 0.328 e. The van der Waals surface area contributed by atoms with Crippen molar-refractivity contribution in [3.63, 3.8) is 0 Å². The van der Waals surface area contributed by atoms with Crippen molar-refractivity contribution in [2.24, 2.45) is 0 Å². The van der Waals surface area contributed by atoms with Crippen LogP contribution in [-0.2, 0) is 0 Å². The summed E-state index contributed by atoms with van der Waals surface area (Å²) in [4.78, 5) is 11.9. The monoisotopic (exact) mass is 328 g/mol. The molecule has 0 aliphatic carbocycles. The topological polar surface area (TPSA) is 59.9 Å². The Morgan fingerprint density at radius 3 is 2.78 bits per heavy atom. The van der Waals surface area contributed by atoms with Crippen LogP contribution >= 0.6 is 27.5 Å². The molecule has 0 fully saturated rings. The van der Waals surface area contributed by atoms with Gasteiger partial charge in [0.15, 0.2) is 0 Å². The summed E-state index contributed by atoms with van der Waals surface area (Å²) in [6.07, 6.45) is 0. The van der Waals surface area contributed by atoms with Gasteiger partial charge in [0.05, 0.1) is 4.47 Å². The molecule has 0 unspecified atom stereocenters. The van der Waals surface area contributed by atoms with Crippen LogP contribution in [0.3, 0.4) is 0 Å². The highest BCUT2D eigenvalue weighted by molar-refractivity contribution is 9.10. The van der Waals surface area contributed by atoms with Crippen LogP contribution in [0.2, 0.25) is 5.28 Å². The predicted molar refractivity (Wildman–Crippen MR) is 73.2 cm³/mol. The molecule has 5 nitrogen and oxygen atoms in total. The highest BCUT2D eigenvalue weighted by Gasteiger charge is 2.08. The lowest BCUT2D eigenvalue weighted by atomic mass is 10.3. The third-order valence-electron chi connectivity index (χ3n) is 1.96. The lowest BCUT2D eigenvalue weighted by molar-refractivity contribution is 0.438. The van der Waals surface area contributed by atoms with Crippen molar-refractivity contribution in [1.29, 1.82) is 0 Å². The average Bonchev–Trinajstić information content (AvgIpc) is 2.32. The molecule has 2 aromatic rings. The lowest BCUT2D eigenvalue weighted by Gasteiger charge is -2.07. The fourth-order valence-electron chi connectivity index (χ4n) is 1.24.